The Labute approximate surface area is 192 Å². The van der Waals surface area contributed by atoms with Crippen molar-refractivity contribution in [3.8, 4) is 5.75 Å². The predicted octanol–water partition coefficient (Wildman–Crippen LogP) is 4.65. The number of hydrogen-bond donors (Lipinski definition) is 0. The Kier molecular flexibility index (Phi) is 6.26. The molecule has 3 aromatic rings. The van der Waals surface area contributed by atoms with Crippen LogP contribution in [0.4, 0.5) is 0 Å². The Morgan fingerprint density at radius 3 is 2.53 bits per heavy atom. The van der Waals surface area contributed by atoms with Crippen molar-refractivity contribution in [1.82, 2.24) is 9.80 Å². The van der Waals surface area contributed by atoms with Gasteiger partial charge in [0.15, 0.2) is 5.43 Å². The highest BCUT2D eigenvalue weighted by Gasteiger charge is 2.42. The van der Waals surface area contributed by atoms with Gasteiger partial charge in [0, 0.05) is 18.1 Å². The highest BCUT2D eigenvalue weighted by molar-refractivity contribution is 6.32. The van der Waals surface area contributed by atoms with Crippen LogP contribution in [0.5, 0.6) is 5.75 Å². The maximum atomic E-state index is 13.6. The molecule has 0 N–H and O–H groups in total. The molecule has 6 nitrogen and oxygen atoms in total. The Bertz CT molecular complexity index is 1220. The van der Waals surface area contributed by atoms with Crippen LogP contribution < -0.4 is 10.2 Å². The molecule has 1 unspecified atom stereocenters. The van der Waals surface area contributed by atoms with Gasteiger partial charge in [0.05, 0.1) is 23.6 Å². The fourth-order valence-electron chi connectivity index (χ4n) is 3.99. The Morgan fingerprint density at radius 1 is 1.16 bits per heavy atom. The zero-order chi connectivity index (χ0) is 23.0. The molecule has 1 aliphatic rings. The van der Waals surface area contributed by atoms with Crippen molar-refractivity contribution in [2.24, 2.45) is 0 Å². The van der Waals surface area contributed by atoms with Crippen molar-refractivity contribution in [2.45, 2.75) is 26.3 Å². The summed E-state index contributed by atoms with van der Waals surface area (Å²) in [6.45, 7) is 5.65. The number of ether oxygens (including phenoxy) is 1. The number of rotatable bonds is 7. The molecule has 1 amide bonds. The van der Waals surface area contributed by atoms with Crippen molar-refractivity contribution in [2.75, 3.05) is 33.8 Å². The van der Waals surface area contributed by atoms with Crippen molar-refractivity contribution in [3.63, 3.8) is 0 Å². The van der Waals surface area contributed by atoms with Gasteiger partial charge in [0.1, 0.15) is 11.3 Å². The monoisotopic (exact) mass is 454 g/mol. The Balaban J connectivity index is 1.86. The lowest BCUT2D eigenvalue weighted by atomic mass is 9.98. The molecule has 0 saturated heterocycles. The van der Waals surface area contributed by atoms with E-state index in [9.17, 15) is 9.59 Å². The third kappa shape index (κ3) is 4.00. The quantitative estimate of drug-likeness (QED) is 0.520. The van der Waals surface area contributed by atoms with Gasteiger partial charge in [0.2, 0.25) is 5.76 Å². The van der Waals surface area contributed by atoms with Gasteiger partial charge < -0.3 is 19.0 Å². The fourth-order valence-corrected chi connectivity index (χ4v) is 4.16. The first kappa shape index (κ1) is 22.4. The first-order valence-electron chi connectivity index (χ1n) is 10.8. The molecule has 168 valence electrons. The summed E-state index contributed by atoms with van der Waals surface area (Å²) in [5, 5.41) is 0.877. The highest BCUT2D eigenvalue weighted by Crippen LogP contribution is 2.39. The molecular weight excluding hydrogens is 428 g/mol. The average Bonchev–Trinajstić information content (AvgIpc) is 3.04. The van der Waals surface area contributed by atoms with Gasteiger partial charge in [-0.15, -0.1) is 0 Å². The Morgan fingerprint density at radius 2 is 1.88 bits per heavy atom. The number of hydrogen-bond acceptors (Lipinski definition) is 5. The second-order valence-electron chi connectivity index (χ2n) is 8.39. The fraction of sp³-hybridized carbons (Fsp3) is 0.360. The second kappa shape index (κ2) is 8.96. The summed E-state index contributed by atoms with van der Waals surface area (Å²) in [5.41, 5.74) is 2.14. The summed E-state index contributed by atoms with van der Waals surface area (Å²) < 4.78 is 11.7. The van der Waals surface area contributed by atoms with Crippen LogP contribution in [0.2, 0.25) is 5.02 Å². The molecule has 0 aliphatic carbocycles. The molecule has 0 saturated carbocycles. The van der Waals surface area contributed by atoms with E-state index in [4.69, 9.17) is 20.8 Å². The number of benzene rings is 2. The van der Waals surface area contributed by atoms with Crippen LogP contribution in [0.15, 0.2) is 45.6 Å². The number of fused-ring (bicyclic) bond motifs is 2. The zero-order valence-corrected chi connectivity index (χ0v) is 19.5. The number of nitrogens with zero attached hydrogens (tertiary/aromatic N) is 2. The number of carbonyl (C=O) groups excluding carboxylic acids is 1. The molecule has 1 aliphatic heterocycles. The van der Waals surface area contributed by atoms with E-state index in [1.54, 1.807) is 17.0 Å². The van der Waals surface area contributed by atoms with Gasteiger partial charge in [0.25, 0.3) is 5.91 Å². The molecule has 0 radical (unpaired) electrons. The van der Waals surface area contributed by atoms with Crippen molar-refractivity contribution in [3.05, 3.63) is 74.1 Å². The summed E-state index contributed by atoms with van der Waals surface area (Å²) in [6.07, 6.45) is 0.917. The van der Waals surface area contributed by atoms with E-state index in [1.807, 2.05) is 50.2 Å². The van der Waals surface area contributed by atoms with Crippen LogP contribution in [0.3, 0.4) is 0 Å². The minimum absolute atomic E-state index is 0.110. The van der Waals surface area contributed by atoms with Crippen molar-refractivity contribution < 1.29 is 13.9 Å². The third-order valence-electron chi connectivity index (χ3n) is 5.70. The van der Waals surface area contributed by atoms with E-state index in [0.717, 1.165) is 23.3 Å². The maximum absolute atomic E-state index is 13.6. The summed E-state index contributed by atoms with van der Waals surface area (Å²) >= 11 is 6.29. The molecule has 1 atom stereocenters. The first-order valence-corrected chi connectivity index (χ1v) is 11.1. The van der Waals surface area contributed by atoms with E-state index >= 15 is 0 Å². The molecular formula is C25H27ClN2O4. The summed E-state index contributed by atoms with van der Waals surface area (Å²) in [5.74, 6) is 0.594. The first-order chi connectivity index (χ1) is 15.3. The van der Waals surface area contributed by atoms with E-state index in [-0.39, 0.29) is 17.1 Å². The van der Waals surface area contributed by atoms with Gasteiger partial charge in [-0.1, -0.05) is 30.7 Å². The summed E-state index contributed by atoms with van der Waals surface area (Å²) in [6, 6.07) is 10.4. The van der Waals surface area contributed by atoms with Crippen LogP contribution >= 0.6 is 11.6 Å². The third-order valence-corrected chi connectivity index (χ3v) is 6.11. The minimum Gasteiger partial charge on any atom is -0.494 e. The van der Waals surface area contributed by atoms with Crippen LogP contribution in [-0.2, 0) is 0 Å². The molecule has 0 spiro atoms. The predicted molar refractivity (Wildman–Crippen MR) is 126 cm³/mol. The van der Waals surface area contributed by atoms with Gasteiger partial charge in [-0.2, -0.15) is 0 Å². The lowest BCUT2D eigenvalue weighted by Crippen LogP contribution is -2.35. The van der Waals surface area contributed by atoms with Gasteiger partial charge >= 0.3 is 0 Å². The SMILES string of the molecule is CCCOc1ccc(C2c3c(oc4cc(C)c(Cl)cc4c3=O)C(=O)N2CCN(C)C)cc1. The zero-order valence-electron chi connectivity index (χ0n) is 18.8. The molecule has 0 fully saturated rings. The smallest absolute Gasteiger partial charge is 0.290 e. The average molecular weight is 455 g/mol. The Hall–Kier alpha value is -2.83. The topological polar surface area (TPSA) is 63.0 Å². The standard InChI is InChI=1S/C25H27ClN2O4/c1-5-12-31-17-8-6-16(7-9-17)22-21-23(29)18-14-19(26)15(2)13-20(18)32-24(21)25(30)28(22)11-10-27(3)4/h6-9,13-14,22H,5,10-12H2,1-4H3. The minimum atomic E-state index is -0.529. The number of carbonyl (C=O) groups is 1. The number of halogens is 1. The normalized spacial score (nSPS) is 15.6. The highest BCUT2D eigenvalue weighted by atomic mass is 35.5. The van der Waals surface area contributed by atoms with Crippen molar-refractivity contribution >= 4 is 28.5 Å². The van der Waals surface area contributed by atoms with Gasteiger partial charge in [-0.05, 0) is 62.8 Å². The van der Waals surface area contributed by atoms with Crippen LogP contribution in [-0.4, -0.2) is 49.5 Å². The molecule has 4 rings (SSSR count). The maximum Gasteiger partial charge on any atom is 0.290 e. The summed E-state index contributed by atoms with van der Waals surface area (Å²) in [4.78, 5) is 30.7. The largest absolute Gasteiger partial charge is 0.494 e. The second-order valence-corrected chi connectivity index (χ2v) is 8.80. The molecule has 7 heteroatoms. The van der Waals surface area contributed by atoms with Crippen LogP contribution in [0.25, 0.3) is 11.0 Å². The lowest BCUT2D eigenvalue weighted by Gasteiger charge is -2.26. The number of likely N-dealkylation sites (N-methyl/N-ethyl adjacent to an activating group) is 1. The van der Waals surface area contributed by atoms with Gasteiger partial charge in [-0.3, -0.25) is 9.59 Å². The molecule has 2 heterocycles. The van der Waals surface area contributed by atoms with Gasteiger partial charge in [-0.25, -0.2) is 0 Å². The molecule has 0 bridgehead atoms. The molecule has 32 heavy (non-hydrogen) atoms. The number of amides is 1. The van der Waals surface area contributed by atoms with E-state index in [0.29, 0.717) is 41.3 Å². The van der Waals surface area contributed by atoms with Crippen molar-refractivity contribution in [1.29, 1.82) is 0 Å². The van der Waals surface area contributed by atoms with E-state index in [1.165, 1.54) is 0 Å². The lowest BCUT2D eigenvalue weighted by molar-refractivity contribution is 0.0716. The van der Waals surface area contributed by atoms with E-state index in [2.05, 4.69) is 6.92 Å². The molecule has 1 aromatic heterocycles. The summed E-state index contributed by atoms with van der Waals surface area (Å²) in [7, 11) is 3.90. The van der Waals surface area contributed by atoms with Crippen LogP contribution in [0, 0.1) is 6.92 Å². The van der Waals surface area contributed by atoms with E-state index < -0.39 is 6.04 Å². The number of aryl methyl sites for hydroxylation is 1. The van der Waals surface area contributed by atoms with Crippen LogP contribution in [0.1, 0.15) is 46.6 Å². The molecule has 2 aromatic carbocycles.